The Morgan fingerprint density at radius 3 is 2.67 bits per heavy atom. The van der Waals surface area contributed by atoms with Gasteiger partial charge in [0.2, 0.25) is 5.78 Å². The van der Waals surface area contributed by atoms with Gasteiger partial charge in [-0.3, -0.25) is 14.6 Å². The molecule has 138 valence electrons. The summed E-state index contributed by atoms with van der Waals surface area (Å²) in [4.78, 5) is 29.9. The summed E-state index contributed by atoms with van der Waals surface area (Å²) >= 11 is 0. The molecule has 0 aliphatic carbocycles. The van der Waals surface area contributed by atoms with Crippen molar-refractivity contribution in [2.75, 3.05) is 0 Å². The van der Waals surface area contributed by atoms with E-state index in [4.69, 9.17) is 0 Å². The fraction of sp³-hybridized carbons (Fsp3) is 0.261. The van der Waals surface area contributed by atoms with Gasteiger partial charge in [-0.2, -0.15) is 0 Å². The number of nitrogens with zero attached hydrogens (tertiary/aromatic N) is 2. The minimum Gasteiger partial charge on any atom is -0.314 e. The van der Waals surface area contributed by atoms with Gasteiger partial charge in [0, 0.05) is 23.5 Å². The van der Waals surface area contributed by atoms with Crippen LogP contribution in [0.2, 0.25) is 0 Å². The first-order valence-corrected chi connectivity index (χ1v) is 9.41. The van der Waals surface area contributed by atoms with Gasteiger partial charge in [0.1, 0.15) is 5.69 Å². The van der Waals surface area contributed by atoms with Crippen LogP contribution in [0.5, 0.6) is 0 Å². The molecule has 0 aromatic carbocycles. The van der Waals surface area contributed by atoms with Crippen molar-refractivity contribution < 1.29 is 9.59 Å². The van der Waals surface area contributed by atoms with Crippen molar-refractivity contribution in [1.82, 2.24) is 9.38 Å². The van der Waals surface area contributed by atoms with Gasteiger partial charge in [0.05, 0.1) is 5.69 Å². The largest absolute Gasteiger partial charge is 0.314 e. The molecule has 27 heavy (non-hydrogen) atoms. The molecule has 3 heterocycles. The van der Waals surface area contributed by atoms with Gasteiger partial charge in [-0.1, -0.05) is 38.8 Å². The molecule has 0 spiro atoms. The highest BCUT2D eigenvalue weighted by Crippen LogP contribution is 2.20. The lowest BCUT2D eigenvalue weighted by atomic mass is 9.98. The molecule has 4 nitrogen and oxygen atoms in total. The van der Waals surface area contributed by atoms with Gasteiger partial charge < -0.3 is 4.40 Å². The van der Waals surface area contributed by atoms with E-state index in [0.29, 0.717) is 28.9 Å². The lowest BCUT2D eigenvalue weighted by Crippen LogP contribution is -2.12. The Morgan fingerprint density at radius 2 is 1.93 bits per heavy atom. The number of Topliss-reactive ketones (excluding diaryl/α,β-unsaturated/α-hetero) is 1. The van der Waals surface area contributed by atoms with E-state index in [1.807, 2.05) is 24.4 Å². The maximum Gasteiger partial charge on any atom is 0.228 e. The van der Waals surface area contributed by atoms with E-state index in [9.17, 15) is 9.59 Å². The number of ketones is 2. The number of hydrogen-bond donors (Lipinski definition) is 0. The molecule has 0 radical (unpaired) electrons. The standard InChI is InChI=1S/C23H24N2O2/c1-3-4-5-6-10-17(2)22(26)18-15-19-11-9-14-25(19)21(16-18)23(27)20-12-7-8-13-24-20/h7-9,11-16H,2-6,10H2,1H3. The molecule has 0 amide bonds. The Kier molecular flexibility index (Phi) is 5.97. The molecule has 3 aromatic rings. The molecule has 0 fully saturated rings. The summed E-state index contributed by atoms with van der Waals surface area (Å²) in [6.45, 7) is 6.14. The van der Waals surface area contributed by atoms with Crippen LogP contribution in [0.15, 0.2) is 67.0 Å². The summed E-state index contributed by atoms with van der Waals surface area (Å²) in [7, 11) is 0. The second-order valence-electron chi connectivity index (χ2n) is 6.72. The van der Waals surface area contributed by atoms with Gasteiger partial charge in [-0.25, -0.2) is 0 Å². The number of rotatable bonds is 9. The highest BCUT2D eigenvalue weighted by atomic mass is 16.1. The Labute approximate surface area is 159 Å². The van der Waals surface area contributed by atoms with Gasteiger partial charge in [-0.05, 0) is 54.8 Å². The quantitative estimate of drug-likeness (QED) is 0.296. The van der Waals surface area contributed by atoms with Crippen LogP contribution in [0.3, 0.4) is 0 Å². The predicted octanol–water partition coefficient (Wildman–Crippen LogP) is 5.27. The minimum atomic E-state index is -0.208. The van der Waals surface area contributed by atoms with Crippen LogP contribution in [-0.4, -0.2) is 21.0 Å². The zero-order valence-corrected chi connectivity index (χ0v) is 15.6. The maximum absolute atomic E-state index is 12.9. The molecule has 0 aliphatic heterocycles. The van der Waals surface area contributed by atoms with E-state index in [0.717, 1.165) is 24.8 Å². The normalized spacial score (nSPS) is 10.9. The molecule has 0 saturated carbocycles. The van der Waals surface area contributed by atoms with E-state index in [1.54, 1.807) is 34.9 Å². The van der Waals surface area contributed by atoms with Gasteiger partial charge in [0.15, 0.2) is 5.78 Å². The van der Waals surface area contributed by atoms with E-state index >= 15 is 0 Å². The first kappa shape index (κ1) is 18.8. The SMILES string of the molecule is C=C(CCCCCC)C(=O)c1cc(C(=O)c2ccccn2)n2cccc2c1. The van der Waals surface area contributed by atoms with Crippen LogP contribution >= 0.6 is 0 Å². The smallest absolute Gasteiger partial charge is 0.228 e. The maximum atomic E-state index is 12.9. The molecule has 4 heteroatoms. The molecular weight excluding hydrogens is 336 g/mol. The Bertz CT molecular complexity index is 970. The average molecular weight is 360 g/mol. The van der Waals surface area contributed by atoms with Crippen molar-refractivity contribution >= 4 is 17.1 Å². The van der Waals surface area contributed by atoms with E-state index in [1.165, 1.54) is 6.42 Å². The van der Waals surface area contributed by atoms with Gasteiger partial charge in [0.25, 0.3) is 0 Å². The molecular formula is C23H24N2O2. The van der Waals surface area contributed by atoms with E-state index in [2.05, 4.69) is 18.5 Å². The second-order valence-corrected chi connectivity index (χ2v) is 6.72. The van der Waals surface area contributed by atoms with Crippen molar-refractivity contribution in [2.24, 2.45) is 0 Å². The van der Waals surface area contributed by atoms with Crippen LogP contribution < -0.4 is 0 Å². The van der Waals surface area contributed by atoms with Crippen molar-refractivity contribution in [3.05, 3.63) is 84.0 Å². The number of pyridine rings is 2. The highest BCUT2D eigenvalue weighted by molar-refractivity contribution is 6.12. The monoisotopic (exact) mass is 360 g/mol. The molecule has 0 aliphatic rings. The first-order chi connectivity index (χ1) is 13.1. The summed E-state index contributed by atoms with van der Waals surface area (Å²) in [6.07, 6.45) is 8.49. The van der Waals surface area contributed by atoms with E-state index in [-0.39, 0.29) is 11.6 Å². The molecule has 0 N–H and O–H groups in total. The summed E-state index contributed by atoms with van der Waals surface area (Å²) in [6, 6.07) is 12.4. The Hall–Kier alpha value is -3.01. The summed E-state index contributed by atoms with van der Waals surface area (Å²) < 4.78 is 1.79. The lowest BCUT2D eigenvalue weighted by Gasteiger charge is -2.10. The summed E-state index contributed by atoms with van der Waals surface area (Å²) in [5.41, 5.74) is 2.69. The molecule has 0 saturated heterocycles. The first-order valence-electron chi connectivity index (χ1n) is 9.41. The third-order valence-corrected chi connectivity index (χ3v) is 4.68. The number of carbonyl (C=O) groups excluding carboxylic acids is 2. The third-order valence-electron chi connectivity index (χ3n) is 4.68. The number of allylic oxidation sites excluding steroid dienone is 1. The van der Waals surface area contributed by atoms with Crippen molar-refractivity contribution in [3.63, 3.8) is 0 Å². The predicted molar refractivity (Wildman–Crippen MR) is 107 cm³/mol. The van der Waals surface area contributed by atoms with Gasteiger partial charge >= 0.3 is 0 Å². The van der Waals surface area contributed by atoms with Crippen LogP contribution in [0, 0.1) is 0 Å². The van der Waals surface area contributed by atoms with Crippen LogP contribution in [0.4, 0.5) is 0 Å². The number of aromatic nitrogens is 2. The van der Waals surface area contributed by atoms with Crippen molar-refractivity contribution in [2.45, 2.75) is 39.0 Å². The lowest BCUT2D eigenvalue weighted by molar-refractivity contribution is 0.102. The zero-order valence-electron chi connectivity index (χ0n) is 15.6. The molecule has 3 rings (SSSR count). The number of fused-ring (bicyclic) bond motifs is 1. The Balaban J connectivity index is 1.90. The zero-order chi connectivity index (χ0) is 19.2. The minimum absolute atomic E-state index is 0.0923. The fourth-order valence-electron chi connectivity index (χ4n) is 3.17. The molecule has 0 atom stereocenters. The molecule has 0 unspecified atom stereocenters. The van der Waals surface area contributed by atoms with Gasteiger partial charge in [-0.15, -0.1) is 0 Å². The van der Waals surface area contributed by atoms with Crippen molar-refractivity contribution in [3.8, 4) is 0 Å². The number of carbonyl (C=O) groups is 2. The van der Waals surface area contributed by atoms with E-state index < -0.39 is 0 Å². The van der Waals surface area contributed by atoms with Crippen LogP contribution in [-0.2, 0) is 0 Å². The number of unbranched alkanes of at least 4 members (excludes halogenated alkanes) is 3. The Morgan fingerprint density at radius 1 is 1.07 bits per heavy atom. The van der Waals surface area contributed by atoms with Crippen LogP contribution in [0.1, 0.15) is 65.6 Å². The number of hydrogen-bond acceptors (Lipinski definition) is 3. The second kappa shape index (κ2) is 8.58. The molecule has 3 aromatic heterocycles. The fourth-order valence-corrected chi connectivity index (χ4v) is 3.17. The summed E-state index contributed by atoms with van der Waals surface area (Å²) in [5, 5.41) is 0. The summed E-state index contributed by atoms with van der Waals surface area (Å²) in [5.74, 6) is -0.301. The molecule has 0 bridgehead atoms. The topological polar surface area (TPSA) is 51.4 Å². The van der Waals surface area contributed by atoms with Crippen molar-refractivity contribution in [1.29, 1.82) is 0 Å². The highest BCUT2D eigenvalue weighted by Gasteiger charge is 2.18. The average Bonchev–Trinajstić information content (AvgIpc) is 3.18. The third kappa shape index (κ3) is 4.22. The van der Waals surface area contributed by atoms with Crippen LogP contribution in [0.25, 0.3) is 5.52 Å².